The summed E-state index contributed by atoms with van der Waals surface area (Å²) in [4.78, 5) is 24.8. The summed E-state index contributed by atoms with van der Waals surface area (Å²) in [5.74, 6) is -0.844. The average molecular weight is 455 g/mol. The number of carbonyl (C=O) groups excluding carboxylic acids is 2. The van der Waals surface area contributed by atoms with Crippen molar-refractivity contribution in [2.45, 2.75) is 13.2 Å². The Hall–Kier alpha value is -2.91. The van der Waals surface area contributed by atoms with Crippen LogP contribution in [0.3, 0.4) is 0 Å². The van der Waals surface area contributed by atoms with E-state index in [1.54, 1.807) is 0 Å². The number of hydrogen-bond donors (Lipinski definition) is 2. The van der Waals surface area contributed by atoms with Gasteiger partial charge in [-0.1, -0.05) is 35.9 Å². The standard InChI is InChI=1S/C20H17ClF2N2O4S/c1-28-14-8-11(6-7-13(14)29-20(22)23)9-24-16(26)10-25-19(27)18-17(21)12-4-2-3-5-15(12)30-18/h2-8,20H,9-10H2,1H3,(H,24,26)(H,25,27). The van der Waals surface area contributed by atoms with Crippen molar-refractivity contribution in [3.8, 4) is 11.5 Å². The van der Waals surface area contributed by atoms with Gasteiger partial charge in [-0.25, -0.2) is 0 Å². The number of rotatable bonds is 8. The van der Waals surface area contributed by atoms with E-state index in [0.717, 1.165) is 10.1 Å². The fraction of sp³-hybridized carbons (Fsp3) is 0.200. The molecule has 2 N–H and O–H groups in total. The van der Waals surface area contributed by atoms with E-state index in [1.807, 2.05) is 24.3 Å². The van der Waals surface area contributed by atoms with Crippen LogP contribution in [0.15, 0.2) is 42.5 Å². The van der Waals surface area contributed by atoms with Crippen molar-refractivity contribution in [3.05, 3.63) is 57.9 Å². The zero-order chi connectivity index (χ0) is 21.7. The second-order valence-electron chi connectivity index (χ2n) is 6.06. The molecule has 0 spiro atoms. The number of nitrogens with one attached hydrogen (secondary N) is 2. The highest BCUT2D eigenvalue weighted by Crippen LogP contribution is 2.35. The van der Waals surface area contributed by atoms with Gasteiger partial charge in [0.15, 0.2) is 11.5 Å². The van der Waals surface area contributed by atoms with Crippen LogP contribution in [0.4, 0.5) is 8.78 Å². The highest BCUT2D eigenvalue weighted by molar-refractivity contribution is 7.21. The molecule has 0 unspecified atom stereocenters. The molecule has 1 aromatic heterocycles. The van der Waals surface area contributed by atoms with Crippen molar-refractivity contribution in [1.82, 2.24) is 10.6 Å². The molecule has 0 aliphatic rings. The average Bonchev–Trinajstić information content (AvgIpc) is 3.07. The third-order valence-corrected chi connectivity index (χ3v) is 5.76. The Labute approximate surface area is 179 Å². The largest absolute Gasteiger partial charge is 0.493 e. The SMILES string of the molecule is COc1cc(CNC(=O)CNC(=O)c2sc3ccccc3c2Cl)ccc1OC(F)F. The van der Waals surface area contributed by atoms with Crippen LogP contribution in [0.1, 0.15) is 15.2 Å². The second kappa shape index (κ2) is 9.73. The van der Waals surface area contributed by atoms with Crippen LogP contribution in [0.5, 0.6) is 11.5 Å². The summed E-state index contributed by atoms with van der Waals surface area (Å²) in [6.07, 6.45) is 0. The van der Waals surface area contributed by atoms with E-state index in [0.29, 0.717) is 15.5 Å². The molecule has 0 aliphatic heterocycles. The maximum absolute atomic E-state index is 12.4. The molecule has 0 saturated carbocycles. The first-order valence-electron chi connectivity index (χ1n) is 8.72. The first-order chi connectivity index (χ1) is 14.4. The second-order valence-corrected chi connectivity index (χ2v) is 7.49. The summed E-state index contributed by atoms with van der Waals surface area (Å²) in [5.41, 5.74) is 0.612. The number of benzene rings is 2. The molecule has 0 bridgehead atoms. The summed E-state index contributed by atoms with van der Waals surface area (Å²) < 4.78 is 35.0. The van der Waals surface area contributed by atoms with Crippen LogP contribution < -0.4 is 20.1 Å². The van der Waals surface area contributed by atoms with Crippen molar-refractivity contribution in [2.24, 2.45) is 0 Å². The molecule has 3 rings (SSSR count). The number of hydrogen-bond acceptors (Lipinski definition) is 5. The third-order valence-electron chi connectivity index (χ3n) is 4.08. The predicted octanol–water partition coefficient (Wildman–Crippen LogP) is 4.21. The van der Waals surface area contributed by atoms with E-state index in [-0.39, 0.29) is 24.6 Å². The van der Waals surface area contributed by atoms with E-state index in [9.17, 15) is 18.4 Å². The highest BCUT2D eigenvalue weighted by atomic mass is 35.5. The molecular weight excluding hydrogens is 438 g/mol. The molecule has 2 aromatic carbocycles. The normalized spacial score (nSPS) is 10.8. The number of fused-ring (bicyclic) bond motifs is 1. The molecule has 1 heterocycles. The number of amides is 2. The van der Waals surface area contributed by atoms with Gasteiger partial charge in [0.1, 0.15) is 4.88 Å². The van der Waals surface area contributed by atoms with E-state index >= 15 is 0 Å². The molecule has 0 saturated heterocycles. The van der Waals surface area contributed by atoms with Gasteiger partial charge in [-0.15, -0.1) is 11.3 Å². The van der Waals surface area contributed by atoms with Gasteiger partial charge in [-0.05, 0) is 23.8 Å². The molecule has 6 nitrogen and oxygen atoms in total. The van der Waals surface area contributed by atoms with Crippen LogP contribution in [0, 0.1) is 0 Å². The maximum Gasteiger partial charge on any atom is 0.387 e. The lowest BCUT2D eigenvalue weighted by Gasteiger charge is -2.12. The topological polar surface area (TPSA) is 76.7 Å². The lowest BCUT2D eigenvalue weighted by molar-refractivity contribution is -0.120. The summed E-state index contributed by atoms with van der Waals surface area (Å²) in [7, 11) is 1.32. The summed E-state index contributed by atoms with van der Waals surface area (Å²) in [5, 5.41) is 6.31. The smallest absolute Gasteiger partial charge is 0.387 e. The van der Waals surface area contributed by atoms with Crippen LogP contribution in [-0.4, -0.2) is 32.1 Å². The Morgan fingerprint density at radius 3 is 2.60 bits per heavy atom. The van der Waals surface area contributed by atoms with E-state index in [2.05, 4.69) is 15.4 Å². The fourth-order valence-electron chi connectivity index (χ4n) is 2.68. The third kappa shape index (κ3) is 5.17. The first kappa shape index (κ1) is 21.8. The molecule has 0 aliphatic carbocycles. The van der Waals surface area contributed by atoms with Gasteiger partial charge in [0.2, 0.25) is 5.91 Å². The van der Waals surface area contributed by atoms with Crippen LogP contribution in [0.2, 0.25) is 5.02 Å². The van der Waals surface area contributed by atoms with Gasteiger partial charge in [0.05, 0.1) is 18.7 Å². The minimum Gasteiger partial charge on any atom is -0.493 e. The highest BCUT2D eigenvalue weighted by Gasteiger charge is 2.17. The molecule has 0 atom stereocenters. The zero-order valence-electron chi connectivity index (χ0n) is 15.7. The van der Waals surface area contributed by atoms with Crippen LogP contribution in [-0.2, 0) is 11.3 Å². The molecule has 0 radical (unpaired) electrons. The molecular formula is C20H17ClF2N2O4S. The van der Waals surface area contributed by atoms with Gasteiger partial charge >= 0.3 is 6.61 Å². The minimum absolute atomic E-state index is 0.102. The van der Waals surface area contributed by atoms with Crippen molar-refractivity contribution in [3.63, 3.8) is 0 Å². The Balaban J connectivity index is 1.54. The summed E-state index contributed by atoms with van der Waals surface area (Å²) in [6, 6.07) is 11.7. The first-order valence-corrected chi connectivity index (χ1v) is 9.92. The zero-order valence-corrected chi connectivity index (χ0v) is 17.3. The minimum atomic E-state index is -2.97. The van der Waals surface area contributed by atoms with Gasteiger partial charge in [-0.2, -0.15) is 8.78 Å². The lowest BCUT2D eigenvalue weighted by atomic mass is 10.2. The van der Waals surface area contributed by atoms with Gasteiger partial charge in [0, 0.05) is 16.6 Å². The fourth-order valence-corrected chi connectivity index (χ4v) is 4.11. The van der Waals surface area contributed by atoms with E-state index in [1.165, 1.54) is 36.6 Å². The number of alkyl halides is 2. The van der Waals surface area contributed by atoms with Crippen molar-refractivity contribution in [2.75, 3.05) is 13.7 Å². The number of carbonyl (C=O) groups is 2. The van der Waals surface area contributed by atoms with Crippen LogP contribution >= 0.6 is 22.9 Å². The lowest BCUT2D eigenvalue weighted by Crippen LogP contribution is -2.36. The number of thiophene rings is 1. The van der Waals surface area contributed by atoms with Crippen LogP contribution in [0.25, 0.3) is 10.1 Å². The Kier molecular flexibility index (Phi) is 7.07. The summed E-state index contributed by atoms with van der Waals surface area (Å²) in [6.45, 7) is -3.10. The molecule has 2 amide bonds. The van der Waals surface area contributed by atoms with E-state index < -0.39 is 18.4 Å². The van der Waals surface area contributed by atoms with Crippen molar-refractivity contribution >= 4 is 44.8 Å². The van der Waals surface area contributed by atoms with Gasteiger partial charge in [-0.3, -0.25) is 9.59 Å². The molecule has 10 heteroatoms. The molecule has 158 valence electrons. The molecule has 3 aromatic rings. The van der Waals surface area contributed by atoms with Crippen molar-refractivity contribution < 1.29 is 27.8 Å². The Bertz CT molecular complexity index is 1070. The number of methoxy groups -OCH3 is 1. The van der Waals surface area contributed by atoms with Crippen molar-refractivity contribution in [1.29, 1.82) is 0 Å². The Morgan fingerprint density at radius 2 is 1.90 bits per heavy atom. The Morgan fingerprint density at radius 1 is 1.13 bits per heavy atom. The monoisotopic (exact) mass is 454 g/mol. The quantitative estimate of drug-likeness (QED) is 0.534. The number of ether oxygens (including phenoxy) is 2. The van der Waals surface area contributed by atoms with Gasteiger partial charge < -0.3 is 20.1 Å². The van der Waals surface area contributed by atoms with Gasteiger partial charge in [0.25, 0.3) is 5.91 Å². The number of halogens is 3. The van der Waals surface area contributed by atoms with E-state index in [4.69, 9.17) is 16.3 Å². The summed E-state index contributed by atoms with van der Waals surface area (Å²) >= 11 is 7.51. The molecule has 0 fully saturated rings. The molecule has 30 heavy (non-hydrogen) atoms. The maximum atomic E-state index is 12.4. The predicted molar refractivity (Wildman–Crippen MR) is 111 cm³/mol.